The first kappa shape index (κ1) is 33.6. The summed E-state index contributed by atoms with van der Waals surface area (Å²) < 4.78 is 0. The Balaban J connectivity index is 0. The van der Waals surface area contributed by atoms with Crippen molar-refractivity contribution in [3.05, 3.63) is 57.6 Å². The largest absolute Gasteiger partial charge is 0.507 e. The van der Waals surface area contributed by atoms with Crippen LogP contribution in [0, 0.1) is 0 Å². The maximum atomic E-state index is 11.0. The van der Waals surface area contributed by atoms with Crippen LogP contribution in [-0.2, 0) is 17.4 Å². The summed E-state index contributed by atoms with van der Waals surface area (Å²) in [6.07, 6.45) is 0. The van der Waals surface area contributed by atoms with E-state index in [1.807, 2.05) is 67.5 Å². The van der Waals surface area contributed by atoms with Crippen LogP contribution in [0.2, 0.25) is 0 Å². The monoisotopic (exact) mass is 514 g/mol. The van der Waals surface area contributed by atoms with Crippen molar-refractivity contribution in [2.75, 3.05) is 0 Å². The fraction of sp³-hybridized carbons (Fsp3) is 0.462. The van der Waals surface area contributed by atoms with Gasteiger partial charge in [-0.25, -0.2) is 9.59 Å². The van der Waals surface area contributed by atoms with Crippen LogP contribution in [0.25, 0.3) is 0 Å². The fourth-order valence-electron chi connectivity index (χ4n) is 3.23. The second-order valence-electron chi connectivity index (χ2n) is 9.24. The number of carboxylic acids is 2. The van der Waals surface area contributed by atoms with Crippen molar-refractivity contribution in [2.45, 2.75) is 79.1 Å². The molecule has 0 atom stereocenters. The average molecular weight is 515 g/mol. The van der Waals surface area contributed by atoms with Crippen LogP contribution in [0.5, 0.6) is 11.5 Å². The standard InChI is InChI=1S/2C13H18O3.Cr.H2O/c2*1-7(2)9-5-10(8(3)4)12(14)11(6-9)13(15)16;;/h2*5-8,14H,1-4H3,(H,15,16);;1H2. The van der Waals surface area contributed by atoms with E-state index >= 15 is 0 Å². The number of hydrogen-bond acceptors (Lipinski definition) is 4. The predicted molar refractivity (Wildman–Crippen MR) is 130 cm³/mol. The third-order valence-electron chi connectivity index (χ3n) is 5.36. The van der Waals surface area contributed by atoms with Crippen molar-refractivity contribution in [1.29, 1.82) is 0 Å². The van der Waals surface area contributed by atoms with E-state index in [-0.39, 0.29) is 69.1 Å². The molecule has 34 heavy (non-hydrogen) atoms. The molecule has 0 spiro atoms. The molecule has 0 unspecified atom stereocenters. The van der Waals surface area contributed by atoms with Gasteiger partial charge in [0, 0.05) is 17.4 Å². The number of carboxylic acid groups (broad SMARTS) is 2. The summed E-state index contributed by atoms with van der Waals surface area (Å²) in [5.74, 6) is -1.66. The van der Waals surface area contributed by atoms with Gasteiger partial charge in [-0.2, -0.15) is 0 Å². The second-order valence-corrected chi connectivity index (χ2v) is 9.24. The summed E-state index contributed by atoms with van der Waals surface area (Å²) in [6.45, 7) is 15.7. The number of hydrogen-bond donors (Lipinski definition) is 4. The molecule has 2 aromatic rings. The number of carbonyl (C=O) groups is 2. The maximum Gasteiger partial charge on any atom is 0.339 e. The molecular weight excluding hydrogens is 476 g/mol. The molecule has 2 aromatic carbocycles. The number of phenols is 2. The van der Waals surface area contributed by atoms with Crippen LogP contribution in [0.15, 0.2) is 24.3 Å². The zero-order valence-corrected chi connectivity index (χ0v) is 22.4. The van der Waals surface area contributed by atoms with Crippen molar-refractivity contribution in [2.24, 2.45) is 0 Å². The minimum atomic E-state index is -1.08. The van der Waals surface area contributed by atoms with E-state index in [9.17, 15) is 19.8 Å². The smallest absolute Gasteiger partial charge is 0.339 e. The molecule has 8 heteroatoms. The van der Waals surface area contributed by atoms with Crippen LogP contribution in [0.1, 0.15) is 122 Å². The first-order valence-corrected chi connectivity index (χ1v) is 10.9. The number of benzene rings is 2. The van der Waals surface area contributed by atoms with Crippen LogP contribution >= 0.6 is 0 Å². The van der Waals surface area contributed by atoms with E-state index in [0.717, 1.165) is 11.1 Å². The Morgan fingerprint density at radius 3 is 1.03 bits per heavy atom. The summed E-state index contributed by atoms with van der Waals surface area (Å²) in [6, 6.07) is 6.87. The Kier molecular flexibility index (Phi) is 13.9. The molecule has 0 radical (unpaired) electrons. The van der Waals surface area contributed by atoms with Crippen LogP contribution in [-0.4, -0.2) is 37.8 Å². The van der Waals surface area contributed by atoms with E-state index in [1.165, 1.54) is 0 Å². The van der Waals surface area contributed by atoms with Gasteiger partial charge < -0.3 is 25.9 Å². The van der Waals surface area contributed by atoms with E-state index in [0.29, 0.717) is 11.1 Å². The Labute approximate surface area is 212 Å². The zero-order chi connectivity index (χ0) is 24.9. The van der Waals surface area contributed by atoms with E-state index < -0.39 is 11.9 Å². The summed E-state index contributed by atoms with van der Waals surface area (Å²) in [7, 11) is 0. The summed E-state index contributed by atoms with van der Waals surface area (Å²) in [4.78, 5) is 22.0. The minimum Gasteiger partial charge on any atom is -0.507 e. The minimum absolute atomic E-state index is 0. The van der Waals surface area contributed by atoms with Crippen LogP contribution < -0.4 is 0 Å². The predicted octanol–water partition coefficient (Wildman–Crippen LogP) is 5.85. The molecule has 0 amide bonds. The van der Waals surface area contributed by atoms with Gasteiger partial charge in [-0.1, -0.05) is 67.5 Å². The Hall–Kier alpha value is -2.53. The van der Waals surface area contributed by atoms with E-state index in [2.05, 4.69) is 0 Å². The van der Waals surface area contributed by atoms with Crippen molar-refractivity contribution in [3.8, 4) is 11.5 Å². The molecule has 0 bridgehead atoms. The zero-order valence-electron chi connectivity index (χ0n) is 21.1. The molecule has 2 rings (SSSR count). The average Bonchev–Trinajstić information content (AvgIpc) is 2.67. The van der Waals surface area contributed by atoms with Gasteiger partial charge in [0.2, 0.25) is 0 Å². The molecule has 0 aliphatic carbocycles. The molecule has 0 heterocycles. The van der Waals surface area contributed by atoms with Crippen molar-refractivity contribution in [1.82, 2.24) is 0 Å². The molecule has 0 saturated heterocycles. The summed E-state index contributed by atoms with van der Waals surface area (Å²) >= 11 is 0. The second kappa shape index (κ2) is 14.0. The van der Waals surface area contributed by atoms with Gasteiger partial charge in [0.25, 0.3) is 0 Å². The van der Waals surface area contributed by atoms with Crippen molar-refractivity contribution < 1.29 is 52.9 Å². The van der Waals surface area contributed by atoms with E-state index in [4.69, 9.17) is 10.2 Å². The molecule has 0 fully saturated rings. The van der Waals surface area contributed by atoms with E-state index in [1.54, 1.807) is 12.1 Å². The molecule has 0 aromatic heterocycles. The molecule has 190 valence electrons. The Morgan fingerprint density at radius 1 is 0.588 bits per heavy atom. The van der Waals surface area contributed by atoms with Gasteiger partial charge in [0.05, 0.1) is 0 Å². The third-order valence-corrected chi connectivity index (χ3v) is 5.36. The van der Waals surface area contributed by atoms with Gasteiger partial charge >= 0.3 is 11.9 Å². The Morgan fingerprint density at radius 2 is 0.853 bits per heavy atom. The molecule has 6 N–H and O–H groups in total. The molecule has 0 aliphatic rings. The number of aromatic hydroxyl groups is 2. The summed E-state index contributed by atoms with van der Waals surface area (Å²) in [5, 5.41) is 37.7. The van der Waals surface area contributed by atoms with Crippen molar-refractivity contribution >= 4 is 11.9 Å². The van der Waals surface area contributed by atoms with Gasteiger partial charge in [-0.05, 0) is 58.1 Å². The maximum absolute atomic E-state index is 11.0. The van der Waals surface area contributed by atoms with Crippen molar-refractivity contribution in [3.63, 3.8) is 0 Å². The quantitative estimate of drug-likeness (QED) is 0.380. The first-order valence-electron chi connectivity index (χ1n) is 10.9. The SMILES string of the molecule is CC(C)c1cc(C(=O)O)c(O)c(C(C)C)c1.CC(C)c1cc(C(=O)O)c(O)c(C(C)C)c1.O.[Cr]. The molecular formula is C26H38CrO7. The van der Waals surface area contributed by atoms with Gasteiger partial charge in [0.15, 0.2) is 0 Å². The topological polar surface area (TPSA) is 147 Å². The molecule has 0 aliphatic heterocycles. The van der Waals surface area contributed by atoms with Gasteiger partial charge in [-0.15, -0.1) is 0 Å². The van der Waals surface area contributed by atoms with Crippen LogP contribution in [0.3, 0.4) is 0 Å². The number of rotatable bonds is 6. The third kappa shape index (κ3) is 8.36. The first-order chi connectivity index (χ1) is 14.7. The normalized spacial score (nSPS) is 10.5. The fourth-order valence-corrected chi connectivity index (χ4v) is 3.23. The Bertz CT molecular complexity index is 900. The van der Waals surface area contributed by atoms with Gasteiger partial charge in [-0.3, -0.25) is 0 Å². The van der Waals surface area contributed by atoms with Crippen LogP contribution in [0.4, 0.5) is 0 Å². The van der Waals surface area contributed by atoms with Gasteiger partial charge in [0.1, 0.15) is 22.6 Å². The molecule has 0 saturated carbocycles. The summed E-state index contributed by atoms with van der Waals surface area (Å²) in [5.41, 5.74) is 3.27. The molecule has 7 nitrogen and oxygen atoms in total. The number of aromatic carboxylic acids is 2.